The third kappa shape index (κ3) is 2.68. The molecule has 0 aromatic carbocycles. The minimum Gasteiger partial charge on any atom is -0.480 e. The van der Waals surface area contributed by atoms with Gasteiger partial charge in [-0.05, 0) is 32.6 Å². The Morgan fingerprint density at radius 3 is 2.21 bits per heavy atom. The molecule has 0 bridgehead atoms. The summed E-state index contributed by atoms with van der Waals surface area (Å²) in [5, 5.41) is 8.21. The molecule has 82 valence electrons. The standard InChI is InChI=1S/C8H15NO4S/c1-5(2)14(12,13)9-7(8(10)11)6-3-4-6/h5-7,9H,3-4H2,1-2H3,(H,10,11). The van der Waals surface area contributed by atoms with Gasteiger partial charge in [-0.15, -0.1) is 0 Å². The van der Waals surface area contributed by atoms with Crippen molar-refractivity contribution in [3.05, 3.63) is 0 Å². The maximum atomic E-state index is 11.4. The molecule has 6 heteroatoms. The minimum atomic E-state index is -3.48. The number of carboxylic acids is 1. The van der Waals surface area contributed by atoms with E-state index in [1.807, 2.05) is 0 Å². The van der Waals surface area contributed by atoms with Crippen molar-refractivity contribution in [1.29, 1.82) is 0 Å². The Morgan fingerprint density at radius 1 is 1.43 bits per heavy atom. The number of carbonyl (C=O) groups is 1. The van der Waals surface area contributed by atoms with Crippen molar-refractivity contribution in [3.8, 4) is 0 Å². The molecule has 0 aromatic rings. The maximum Gasteiger partial charge on any atom is 0.322 e. The summed E-state index contributed by atoms with van der Waals surface area (Å²) in [7, 11) is -3.48. The predicted molar refractivity (Wildman–Crippen MR) is 51.3 cm³/mol. The Kier molecular flexibility index (Phi) is 3.16. The Bertz CT molecular complexity index is 318. The van der Waals surface area contributed by atoms with Crippen LogP contribution in [-0.2, 0) is 14.8 Å². The number of hydrogen-bond acceptors (Lipinski definition) is 3. The molecule has 1 atom stereocenters. The lowest BCUT2D eigenvalue weighted by atomic mass is 10.2. The smallest absolute Gasteiger partial charge is 0.322 e. The van der Waals surface area contributed by atoms with E-state index in [9.17, 15) is 13.2 Å². The van der Waals surface area contributed by atoms with E-state index in [-0.39, 0.29) is 5.92 Å². The number of rotatable bonds is 5. The van der Waals surface area contributed by atoms with E-state index in [4.69, 9.17) is 5.11 Å². The molecule has 5 nitrogen and oxygen atoms in total. The van der Waals surface area contributed by atoms with E-state index in [1.54, 1.807) is 0 Å². The first-order valence-corrected chi connectivity index (χ1v) is 6.13. The highest BCUT2D eigenvalue weighted by Crippen LogP contribution is 2.33. The van der Waals surface area contributed by atoms with Gasteiger partial charge in [0, 0.05) is 0 Å². The summed E-state index contributed by atoms with van der Waals surface area (Å²) < 4.78 is 25.0. The first-order valence-electron chi connectivity index (χ1n) is 4.58. The third-order valence-electron chi connectivity index (χ3n) is 2.27. The zero-order chi connectivity index (χ0) is 10.9. The highest BCUT2D eigenvalue weighted by molar-refractivity contribution is 7.90. The van der Waals surface area contributed by atoms with Crippen molar-refractivity contribution in [2.75, 3.05) is 0 Å². The van der Waals surface area contributed by atoms with Gasteiger partial charge in [-0.1, -0.05) is 0 Å². The summed E-state index contributed by atoms with van der Waals surface area (Å²) in [5.41, 5.74) is 0. The second-order valence-electron chi connectivity index (χ2n) is 3.86. The molecule has 0 amide bonds. The first-order chi connectivity index (χ1) is 6.34. The minimum absolute atomic E-state index is 0.0268. The third-order valence-corrected chi connectivity index (χ3v) is 4.09. The van der Waals surface area contributed by atoms with Crippen LogP contribution in [0.3, 0.4) is 0 Å². The van der Waals surface area contributed by atoms with E-state index < -0.39 is 27.3 Å². The van der Waals surface area contributed by atoms with Crippen LogP contribution in [-0.4, -0.2) is 30.8 Å². The van der Waals surface area contributed by atoms with Crippen LogP contribution < -0.4 is 4.72 Å². The van der Waals surface area contributed by atoms with Gasteiger partial charge < -0.3 is 5.11 Å². The molecule has 1 fully saturated rings. The van der Waals surface area contributed by atoms with Crippen LogP contribution in [0, 0.1) is 5.92 Å². The molecular weight excluding hydrogens is 206 g/mol. The van der Waals surface area contributed by atoms with E-state index in [0.717, 1.165) is 12.8 Å². The molecular formula is C8H15NO4S. The molecule has 0 radical (unpaired) electrons. The zero-order valence-corrected chi connectivity index (χ0v) is 9.04. The molecule has 0 aromatic heterocycles. The van der Waals surface area contributed by atoms with Gasteiger partial charge in [-0.3, -0.25) is 4.79 Å². The molecule has 0 heterocycles. The van der Waals surface area contributed by atoms with Crippen LogP contribution in [0.25, 0.3) is 0 Å². The van der Waals surface area contributed by atoms with Crippen molar-refractivity contribution in [2.24, 2.45) is 5.92 Å². The normalized spacial score (nSPS) is 19.6. The zero-order valence-electron chi connectivity index (χ0n) is 8.23. The molecule has 1 aliphatic rings. The number of nitrogens with one attached hydrogen (secondary N) is 1. The average molecular weight is 221 g/mol. The molecule has 1 rings (SSSR count). The van der Waals surface area contributed by atoms with Gasteiger partial charge in [0.25, 0.3) is 0 Å². The topological polar surface area (TPSA) is 83.5 Å². The van der Waals surface area contributed by atoms with Crippen molar-refractivity contribution >= 4 is 16.0 Å². The fourth-order valence-electron chi connectivity index (χ4n) is 1.09. The lowest BCUT2D eigenvalue weighted by Gasteiger charge is -2.15. The Morgan fingerprint density at radius 2 is 1.93 bits per heavy atom. The highest BCUT2D eigenvalue weighted by Gasteiger charge is 2.39. The lowest BCUT2D eigenvalue weighted by molar-refractivity contribution is -0.139. The number of carboxylic acid groups (broad SMARTS) is 1. The fourth-order valence-corrected chi connectivity index (χ4v) is 2.01. The van der Waals surface area contributed by atoms with E-state index >= 15 is 0 Å². The van der Waals surface area contributed by atoms with Crippen LogP contribution in [0.5, 0.6) is 0 Å². The van der Waals surface area contributed by atoms with Gasteiger partial charge in [0.05, 0.1) is 5.25 Å². The largest absolute Gasteiger partial charge is 0.480 e. The average Bonchev–Trinajstić information content (AvgIpc) is 2.81. The quantitative estimate of drug-likeness (QED) is 0.693. The molecule has 1 unspecified atom stereocenters. The van der Waals surface area contributed by atoms with Crippen molar-refractivity contribution in [1.82, 2.24) is 4.72 Å². The Balaban J connectivity index is 2.69. The van der Waals surface area contributed by atoms with Crippen molar-refractivity contribution in [3.63, 3.8) is 0 Å². The van der Waals surface area contributed by atoms with Gasteiger partial charge in [-0.25, -0.2) is 13.1 Å². The lowest BCUT2D eigenvalue weighted by Crippen LogP contribution is -2.45. The second-order valence-corrected chi connectivity index (χ2v) is 6.13. The maximum absolute atomic E-state index is 11.4. The second kappa shape index (κ2) is 3.86. The van der Waals surface area contributed by atoms with Crippen molar-refractivity contribution < 1.29 is 18.3 Å². The summed E-state index contributed by atoms with van der Waals surface area (Å²) in [6, 6.07) is -0.942. The van der Waals surface area contributed by atoms with Gasteiger partial charge in [0.15, 0.2) is 0 Å². The Hall–Kier alpha value is -0.620. The number of aliphatic carboxylic acids is 1. The van der Waals surface area contributed by atoms with E-state index in [0.29, 0.717) is 0 Å². The van der Waals surface area contributed by atoms with Gasteiger partial charge >= 0.3 is 5.97 Å². The summed E-state index contributed by atoms with van der Waals surface area (Å²) in [6.07, 6.45) is 1.58. The van der Waals surface area contributed by atoms with Crippen molar-refractivity contribution in [2.45, 2.75) is 38.0 Å². The molecule has 1 saturated carbocycles. The SMILES string of the molecule is CC(C)S(=O)(=O)NC(C(=O)O)C1CC1. The van der Waals surface area contributed by atoms with Crippen LogP contribution in [0.1, 0.15) is 26.7 Å². The molecule has 2 N–H and O–H groups in total. The first kappa shape index (κ1) is 11.5. The number of sulfonamides is 1. The van der Waals surface area contributed by atoms with E-state index in [2.05, 4.69) is 4.72 Å². The van der Waals surface area contributed by atoms with Gasteiger partial charge in [0.1, 0.15) is 6.04 Å². The van der Waals surface area contributed by atoms with Gasteiger partial charge in [-0.2, -0.15) is 0 Å². The summed E-state index contributed by atoms with van der Waals surface area (Å²) in [6.45, 7) is 3.04. The molecule has 0 aliphatic heterocycles. The summed E-state index contributed by atoms with van der Waals surface area (Å²) in [4.78, 5) is 10.8. The van der Waals surface area contributed by atoms with E-state index in [1.165, 1.54) is 13.8 Å². The van der Waals surface area contributed by atoms with Crippen LogP contribution >= 0.6 is 0 Å². The fraction of sp³-hybridized carbons (Fsp3) is 0.875. The van der Waals surface area contributed by atoms with Crippen LogP contribution in [0.2, 0.25) is 0 Å². The number of hydrogen-bond donors (Lipinski definition) is 2. The molecule has 14 heavy (non-hydrogen) atoms. The monoisotopic (exact) mass is 221 g/mol. The molecule has 1 aliphatic carbocycles. The predicted octanol–water partition coefficient (Wildman–Crippen LogP) is 0.177. The van der Waals surface area contributed by atoms with Crippen LogP contribution in [0.4, 0.5) is 0 Å². The molecule has 0 spiro atoms. The summed E-state index contributed by atoms with van der Waals surface area (Å²) >= 11 is 0. The molecule has 0 saturated heterocycles. The Labute approximate surface area is 83.6 Å². The highest BCUT2D eigenvalue weighted by atomic mass is 32.2. The summed E-state index contributed by atoms with van der Waals surface area (Å²) in [5.74, 6) is -1.11. The van der Waals surface area contributed by atoms with Gasteiger partial charge in [0.2, 0.25) is 10.0 Å². The van der Waals surface area contributed by atoms with Crippen LogP contribution in [0.15, 0.2) is 0 Å².